The van der Waals surface area contributed by atoms with E-state index in [1.54, 1.807) is 26.0 Å². The lowest BCUT2D eigenvalue weighted by Gasteiger charge is -2.25. The van der Waals surface area contributed by atoms with E-state index in [0.717, 1.165) is 6.42 Å². The third-order valence-corrected chi connectivity index (χ3v) is 8.43. The molecule has 204 valence electrons. The van der Waals surface area contributed by atoms with Gasteiger partial charge in [0, 0.05) is 23.2 Å². The zero-order valence-corrected chi connectivity index (χ0v) is 22.7. The smallest absolute Gasteiger partial charge is 0.296 e. The Morgan fingerprint density at radius 3 is 2.28 bits per heavy atom. The monoisotopic (exact) mass is 553 g/mol. The number of nitrogens with zero attached hydrogens (tertiary/aromatic N) is 3. The standard InChI is InChI=1S/C29H29F2N3O4S/c1-4-6-11-26-33-28(35)27(29(36)34(26)24(5-2)22-9-7-8-10-23(22)30)39(37,38)20-14-12-19(13-15-20)21-16-17-25(31)32-18(21)3/h7-10,12-17,24,36H,4-6,11H2,1-3H3. The van der Waals surface area contributed by atoms with Gasteiger partial charge < -0.3 is 5.11 Å². The highest BCUT2D eigenvalue weighted by Crippen LogP contribution is 2.34. The van der Waals surface area contributed by atoms with E-state index in [-0.39, 0.29) is 16.3 Å². The van der Waals surface area contributed by atoms with E-state index in [0.29, 0.717) is 36.1 Å². The zero-order valence-electron chi connectivity index (χ0n) is 21.9. The number of halogens is 2. The van der Waals surface area contributed by atoms with Gasteiger partial charge >= 0.3 is 0 Å². The van der Waals surface area contributed by atoms with Crippen LogP contribution in [0.3, 0.4) is 0 Å². The number of benzene rings is 2. The summed E-state index contributed by atoms with van der Waals surface area (Å²) in [4.78, 5) is 19.9. The van der Waals surface area contributed by atoms with Crippen LogP contribution in [0.5, 0.6) is 5.88 Å². The van der Waals surface area contributed by atoms with Gasteiger partial charge in [-0.05, 0) is 55.7 Å². The van der Waals surface area contributed by atoms with Crippen molar-refractivity contribution in [3.05, 3.63) is 99.9 Å². The Hall–Kier alpha value is -3.92. The van der Waals surface area contributed by atoms with Crippen molar-refractivity contribution < 1.29 is 22.3 Å². The van der Waals surface area contributed by atoms with Gasteiger partial charge in [-0.25, -0.2) is 17.8 Å². The summed E-state index contributed by atoms with van der Waals surface area (Å²) in [5, 5.41) is 11.4. The Balaban J connectivity index is 1.87. The highest BCUT2D eigenvalue weighted by atomic mass is 32.2. The second-order valence-corrected chi connectivity index (χ2v) is 11.1. The maximum Gasteiger partial charge on any atom is 0.296 e. The lowest BCUT2D eigenvalue weighted by molar-refractivity contribution is 0.354. The number of pyridine rings is 1. The third kappa shape index (κ3) is 5.47. The summed E-state index contributed by atoms with van der Waals surface area (Å²) in [7, 11) is -4.53. The fraction of sp³-hybridized carbons (Fsp3) is 0.276. The summed E-state index contributed by atoms with van der Waals surface area (Å²) < 4.78 is 56.9. The van der Waals surface area contributed by atoms with Crippen LogP contribution in [0, 0.1) is 18.7 Å². The second-order valence-electron chi connectivity index (χ2n) is 9.20. The molecule has 0 aliphatic heterocycles. The SMILES string of the molecule is CCCCc1nc(=O)c(S(=O)(=O)c2ccc(-c3ccc(F)nc3C)cc2)c(O)n1C(CC)c1ccccc1F. The average Bonchev–Trinajstić information content (AvgIpc) is 2.90. The van der Waals surface area contributed by atoms with Crippen molar-refractivity contribution in [2.24, 2.45) is 0 Å². The summed E-state index contributed by atoms with van der Waals surface area (Å²) in [6.07, 6.45) is 2.00. The number of hydrogen-bond acceptors (Lipinski definition) is 6. The molecule has 0 saturated heterocycles. The molecule has 0 radical (unpaired) electrons. The van der Waals surface area contributed by atoms with Crippen molar-refractivity contribution in [3.63, 3.8) is 0 Å². The first-order chi connectivity index (χ1) is 18.6. The number of hydrogen-bond donors (Lipinski definition) is 1. The minimum Gasteiger partial charge on any atom is -0.493 e. The van der Waals surface area contributed by atoms with Crippen LogP contribution in [0.25, 0.3) is 11.1 Å². The molecule has 0 spiro atoms. The first kappa shape index (κ1) is 28.1. The average molecular weight is 554 g/mol. The predicted octanol–water partition coefficient (Wildman–Crippen LogP) is 5.77. The van der Waals surface area contributed by atoms with Crippen LogP contribution < -0.4 is 5.56 Å². The summed E-state index contributed by atoms with van der Waals surface area (Å²) >= 11 is 0. The quantitative estimate of drug-likeness (QED) is 0.264. The van der Waals surface area contributed by atoms with Crippen molar-refractivity contribution in [3.8, 4) is 17.0 Å². The Bertz CT molecular complexity index is 1670. The van der Waals surface area contributed by atoms with Crippen LogP contribution in [-0.2, 0) is 16.3 Å². The van der Waals surface area contributed by atoms with Gasteiger partial charge in [0.05, 0.1) is 10.9 Å². The predicted molar refractivity (Wildman–Crippen MR) is 143 cm³/mol. The highest BCUT2D eigenvalue weighted by molar-refractivity contribution is 7.91. The van der Waals surface area contributed by atoms with E-state index in [1.165, 1.54) is 53.1 Å². The van der Waals surface area contributed by atoms with Crippen LogP contribution in [0.1, 0.15) is 56.2 Å². The molecular formula is C29H29F2N3O4S. The van der Waals surface area contributed by atoms with E-state index < -0.39 is 44.0 Å². The molecule has 1 atom stereocenters. The lowest BCUT2D eigenvalue weighted by Crippen LogP contribution is -2.28. The van der Waals surface area contributed by atoms with Crippen LogP contribution >= 0.6 is 0 Å². The number of aromatic hydroxyl groups is 1. The van der Waals surface area contributed by atoms with Crippen LogP contribution in [0.4, 0.5) is 8.78 Å². The van der Waals surface area contributed by atoms with Gasteiger partial charge in [-0.3, -0.25) is 9.36 Å². The summed E-state index contributed by atoms with van der Waals surface area (Å²) in [5.41, 5.74) is 0.800. The van der Waals surface area contributed by atoms with Crippen molar-refractivity contribution >= 4 is 9.84 Å². The number of unbranched alkanes of at least 4 members (excludes halogenated alkanes) is 1. The van der Waals surface area contributed by atoms with Crippen LogP contribution in [0.15, 0.2) is 75.2 Å². The number of sulfone groups is 1. The Kier molecular flexibility index (Phi) is 8.25. The third-order valence-electron chi connectivity index (χ3n) is 6.65. The van der Waals surface area contributed by atoms with E-state index in [1.807, 2.05) is 6.92 Å². The first-order valence-corrected chi connectivity index (χ1v) is 14.2. The van der Waals surface area contributed by atoms with Crippen LogP contribution in [0.2, 0.25) is 0 Å². The van der Waals surface area contributed by atoms with E-state index in [2.05, 4.69) is 9.97 Å². The molecule has 2 heterocycles. The lowest BCUT2D eigenvalue weighted by atomic mass is 10.0. The maximum atomic E-state index is 14.8. The van der Waals surface area contributed by atoms with Gasteiger partial charge in [0.25, 0.3) is 5.56 Å². The second kappa shape index (κ2) is 11.4. The molecule has 0 bridgehead atoms. The van der Waals surface area contributed by atoms with E-state index >= 15 is 0 Å². The van der Waals surface area contributed by atoms with Crippen molar-refractivity contribution in [1.29, 1.82) is 0 Å². The molecule has 0 saturated carbocycles. The normalized spacial score (nSPS) is 12.4. The number of aryl methyl sites for hydroxylation is 2. The minimum atomic E-state index is -4.53. The van der Waals surface area contributed by atoms with Gasteiger partial charge in [-0.1, -0.05) is 50.6 Å². The Morgan fingerprint density at radius 1 is 0.974 bits per heavy atom. The molecule has 7 nitrogen and oxygen atoms in total. The molecule has 39 heavy (non-hydrogen) atoms. The summed E-state index contributed by atoms with van der Waals surface area (Å²) in [5.74, 6) is -1.74. The molecular weight excluding hydrogens is 524 g/mol. The molecule has 0 aliphatic rings. The number of aromatic nitrogens is 3. The zero-order chi connectivity index (χ0) is 28.3. The van der Waals surface area contributed by atoms with E-state index in [4.69, 9.17) is 0 Å². The first-order valence-electron chi connectivity index (χ1n) is 12.7. The van der Waals surface area contributed by atoms with E-state index in [9.17, 15) is 27.1 Å². The molecule has 0 aliphatic carbocycles. The van der Waals surface area contributed by atoms with Crippen molar-refractivity contribution in [1.82, 2.24) is 14.5 Å². The van der Waals surface area contributed by atoms with Crippen molar-refractivity contribution in [2.75, 3.05) is 0 Å². The van der Waals surface area contributed by atoms with Crippen molar-refractivity contribution in [2.45, 2.75) is 62.3 Å². The topological polar surface area (TPSA) is 102 Å². The maximum absolute atomic E-state index is 14.8. The molecule has 10 heteroatoms. The molecule has 1 N–H and O–H groups in total. The van der Waals surface area contributed by atoms with Gasteiger partial charge in [0.1, 0.15) is 11.6 Å². The molecule has 1 unspecified atom stereocenters. The fourth-order valence-corrected chi connectivity index (χ4v) is 6.02. The Morgan fingerprint density at radius 2 is 1.67 bits per heavy atom. The molecule has 4 aromatic rings. The fourth-order valence-electron chi connectivity index (χ4n) is 4.68. The van der Waals surface area contributed by atoms with Crippen LogP contribution in [-0.4, -0.2) is 28.1 Å². The van der Waals surface area contributed by atoms with Gasteiger partial charge in [0.2, 0.25) is 21.7 Å². The Labute approximate surface area is 225 Å². The minimum absolute atomic E-state index is 0.183. The summed E-state index contributed by atoms with van der Waals surface area (Å²) in [6.45, 7) is 5.36. The highest BCUT2D eigenvalue weighted by Gasteiger charge is 2.32. The largest absolute Gasteiger partial charge is 0.493 e. The molecule has 2 aromatic heterocycles. The van der Waals surface area contributed by atoms with Gasteiger partial charge in [0.15, 0.2) is 4.90 Å². The summed E-state index contributed by atoms with van der Waals surface area (Å²) in [6, 6.07) is 13.6. The molecule has 2 aromatic carbocycles. The molecule has 4 rings (SSSR count). The molecule has 0 fully saturated rings. The van der Waals surface area contributed by atoms with Gasteiger partial charge in [-0.15, -0.1) is 0 Å². The van der Waals surface area contributed by atoms with Gasteiger partial charge in [-0.2, -0.15) is 9.37 Å². The molecule has 0 amide bonds. The number of rotatable bonds is 9.